The van der Waals surface area contributed by atoms with Crippen LogP contribution in [0, 0.1) is 17.1 Å². The molecule has 0 spiro atoms. The third-order valence-corrected chi connectivity index (χ3v) is 3.47. The molecule has 0 aromatic heterocycles. The maximum absolute atomic E-state index is 14.7. The number of phenols is 1. The number of ether oxygens (including phenoxy) is 1. The summed E-state index contributed by atoms with van der Waals surface area (Å²) in [6, 6.07) is 8.63. The van der Waals surface area contributed by atoms with E-state index in [2.05, 4.69) is 10.3 Å². The molecule has 0 saturated heterocycles. The molecule has 0 radical (unpaired) electrons. The average Bonchev–Trinajstić information content (AvgIpc) is 2.61. The second kappa shape index (κ2) is 7.31. The zero-order chi connectivity index (χ0) is 18.6. The summed E-state index contributed by atoms with van der Waals surface area (Å²) in [5.41, 5.74) is 5.05. The number of aliphatic imine (C=N–C) groups is 1. The van der Waals surface area contributed by atoms with Crippen molar-refractivity contribution in [3.05, 3.63) is 47.3 Å². The highest BCUT2D eigenvalue weighted by Gasteiger charge is 2.24. The van der Waals surface area contributed by atoms with Crippen LogP contribution in [0.4, 0.5) is 4.39 Å². The van der Waals surface area contributed by atoms with Gasteiger partial charge in [0.15, 0.2) is 17.5 Å². The van der Waals surface area contributed by atoms with Gasteiger partial charge in [0.1, 0.15) is 5.75 Å². The second-order valence-corrected chi connectivity index (χ2v) is 4.88. The van der Waals surface area contributed by atoms with E-state index in [0.717, 1.165) is 0 Å². The molecule has 0 atom stereocenters. The van der Waals surface area contributed by atoms with E-state index in [1.54, 1.807) is 0 Å². The monoisotopic (exact) mass is 342 g/mol. The fourth-order valence-corrected chi connectivity index (χ4v) is 2.29. The summed E-state index contributed by atoms with van der Waals surface area (Å²) in [7, 11) is 2.66. The van der Waals surface area contributed by atoms with Crippen molar-refractivity contribution >= 4 is 11.9 Å². The molecule has 4 N–H and O–H groups in total. The minimum absolute atomic E-state index is 0.00196. The van der Waals surface area contributed by atoms with Crippen LogP contribution in [0.15, 0.2) is 35.3 Å². The molecule has 0 aliphatic carbocycles. The van der Waals surface area contributed by atoms with E-state index in [9.17, 15) is 19.6 Å². The fourth-order valence-electron chi connectivity index (χ4n) is 2.29. The maximum Gasteiger partial charge on any atom is 0.262 e. The van der Waals surface area contributed by atoms with Gasteiger partial charge in [0.2, 0.25) is 0 Å². The van der Waals surface area contributed by atoms with E-state index < -0.39 is 17.5 Å². The lowest BCUT2D eigenvalue weighted by Gasteiger charge is -2.15. The number of carbonyl (C=O) groups excluding carboxylic acids is 1. The number of hydrogen-bond acceptors (Lipinski definition) is 5. The summed E-state index contributed by atoms with van der Waals surface area (Å²) in [5, 5.41) is 21.8. The van der Waals surface area contributed by atoms with Gasteiger partial charge in [-0.1, -0.05) is 12.1 Å². The third kappa shape index (κ3) is 3.35. The van der Waals surface area contributed by atoms with Crippen molar-refractivity contribution in [1.82, 2.24) is 5.32 Å². The molecule has 0 bridgehead atoms. The Bertz CT molecular complexity index is 903. The molecule has 0 saturated carbocycles. The number of carbonyl (C=O) groups is 1. The van der Waals surface area contributed by atoms with Gasteiger partial charge in [-0.3, -0.25) is 15.1 Å². The van der Waals surface area contributed by atoms with Crippen molar-refractivity contribution in [3.63, 3.8) is 0 Å². The van der Waals surface area contributed by atoms with Gasteiger partial charge in [-0.2, -0.15) is 5.26 Å². The standard InChI is InChI=1S/C17H15FN4O3/c1-21-17(20)22-16(24)14-11(23)7-6-9(8-19)13(14)10-4-3-5-12(25-2)15(10)18/h3-7,23H,1-2H3,(H3,20,21,22,24). The Kier molecular flexibility index (Phi) is 5.19. The highest BCUT2D eigenvalue weighted by atomic mass is 19.1. The Labute approximate surface area is 143 Å². The molecule has 25 heavy (non-hydrogen) atoms. The first-order valence-corrected chi connectivity index (χ1v) is 7.07. The highest BCUT2D eigenvalue weighted by molar-refractivity contribution is 6.11. The number of aromatic hydroxyl groups is 1. The molecular formula is C17H15FN4O3. The van der Waals surface area contributed by atoms with Crippen LogP contribution in [0.3, 0.4) is 0 Å². The van der Waals surface area contributed by atoms with Crippen molar-refractivity contribution in [2.24, 2.45) is 10.7 Å². The number of rotatable bonds is 3. The third-order valence-electron chi connectivity index (χ3n) is 3.47. The molecule has 0 heterocycles. The summed E-state index contributed by atoms with van der Waals surface area (Å²) < 4.78 is 19.6. The molecule has 128 valence electrons. The molecule has 2 rings (SSSR count). The van der Waals surface area contributed by atoms with Crippen LogP contribution in [0.2, 0.25) is 0 Å². The van der Waals surface area contributed by atoms with Crippen LogP contribution in [-0.4, -0.2) is 31.1 Å². The Morgan fingerprint density at radius 2 is 2.12 bits per heavy atom. The van der Waals surface area contributed by atoms with Crippen molar-refractivity contribution in [2.75, 3.05) is 14.2 Å². The summed E-state index contributed by atoms with van der Waals surface area (Å²) in [5.74, 6) is -2.28. The Morgan fingerprint density at radius 3 is 2.72 bits per heavy atom. The number of nitrogens with one attached hydrogen (secondary N) is 1. The van der Waals surface area contributed by atoms with Gasteiger partial charge in [-0.25, -0.2) is 4.39 Å². The van der Waals surface area contributed by atoms with E-state index in [0.29, 0.717) is 0 Å². The quantitative estimate of drug-likeness (QED) is 0.580. The van der Waals surface area contributed by atoms with E-state index in [-0.39, 0.29) is 34.0 Å². The zero-order valence-corrected chi connectivity index (χ0v) is 13.5. The van der Waals surface area contributed by atoms with Crippen LogP contribution < -0.4 is 15.8 Å². The van der Waals surface area contributed by atoms with Crippen LogP contribution in [0.5, 0.6) is 11.5 Å². The smallest absolute Gasteiger partial charge is 0.262 e. The van der Waals surface area contributed by atoms with Crippen LogP contribution >= 0.6 is 0 Å². The van der Waals surface area contributed by atoms with Crippen molar-refractivity contribution in [2.45, 2.75) is 0 Å². The molecule has 0 fully saturated rings. The van der Waals surface area contributed by atoms with Crippen LogP contribution in [0.25, 0.3) is 11.1 Å². The lowest BCUT2D eigenvalue weighted by atomic mass is 9.93. The molecular weight excluding hydrogens is 327 g/mol. The molecule has 0 aliphatic rings. The first-order chi connectivity index (χ1) is 11.9. The van der Waals surface area contributed by atoms with E-state index in [4.69, 9.17) is 10.5 Å². The molecule has 0 unspecified atom stereocenters. The SMILES string of the molecule is CN=C(N)NC(=O)c1c(O)ccc(C#N)c1-c1cccc(OC)c1F. The van der Waals surface area contributed by atoms with Crippen molar-refractivity contribution in [1.29, 1.82) is 5.26 Å². The zero-order valence-electron chi connectivity index (χ0n) is 13.5. The van der Waals surface area contributed by atoms with Gasteiger partial charge in [0.25, 0.3) is 5.91 Å². The number of guanidine groups is 1. The topological polar surface area (TPSA) is 121 Å². The molecule has 2 aromatic carbocycles. The number of halogens is 1. The van der Waals surface area contributed by atoms with Crippen molar-refractivity contribution < 1.29 is 19.0 Å². The lowest BCUT2D eigenvalue weighted by molar-refractivity contribution is 0.0974. The van der Waals surface area contributed by atoms with Crippen LogP contribution in [0.1, 0.15) is 15.9 Å². The summed E-state index contributed by atoms with van der Waals surface area (Å²) in [6.07, 6.45) is 0. The first kappa shape index (κ1) is 17.7. The Hall–Kier alpha value is -3.60. The van der Waals surface area contributed by atoms with Gasteiger partial charge in [0, 0.05) is 18.2 Å². The number of methoxy groups -OCH3 is 1. The number of nitrogens with zero attached hydrogens (tertiary/aromatic N) is 2. The predicted octanol–water partition coefficient (Wildman–Crippen LogP) is 1.75. The number of benzene rings is 2. The summed E-state index contributed by atoms with van der Waals surface area (Å²) in [6.45, 7) is 0. The number of nitrogens with two attached hydrogens (primary N) is 1. The van der Waals surface area contributed by atoms with Gasteiger partial charge >= 0.3 is 0 Å². The lowest BCUT2D eigenvalue weighted by Crippen LogP contribution is -2.37. The number of phenolic OH excluding ortho intramolecular Hbond substituents is 1. The van der Waals surface area contributed by atoms with E-state index in [1.165, 1.54) is 44.5 Å². The second-order valence-electron chi connectivity index (χ2n) is 4.88. The maximum atomic E-state index is 14.7. The minimum atomic E-state index is -0.824. The Morgan fingerprint density at radius 1 is 1.40 bits per heavy atom. The number of hydrogen-bond donors (Lipinski definition) is 3. The molecule has 8 heteroatoms. The van der Waals surface area contributed by atoms with Crippen LogP contribution in [-0.2, 0) is 0 Å². The van der Waals surface area contributed by atoms with Gasteiger partial charge in [-0.15, -0.1) is 0 Å². The first-order valence-electron chi connectivity index (χ1n) is 7.07. The molecule has 0 aliphatic heterocycles. The summed E-state index contributed by atoms with van der Waals surface area (Å²) >= 11 is 0. The fraction of sp³-hybridized carbons (Fsp3) is 0.118. The average molecular weight is 342 g/mol. The minimum Gasteiger partial charge on any atom is -0.507 e. The van der Waals surface area contributed by atoms with Gasteiger partial charge < -0.3 is 15.6 Å². The van der Waals surface area contributed by atoms with Crippen molar-refractivity contribution in [3.8, 4) is 28.7 Å². The van der Waals surface area contributed by atoms with E-state index in [1.807, 2.05) is 6.07 Å². The normalized spacial score (nSPS) is 10.9. The Balaban J connectivity index is 2.79. The molecule has 7 nitrogen and oxygen atoms in total. The largest absolute Gasteiger partial charge is 0.507 e. The molecule has 2 aromatic rings. The summed E-state index contributed by atoms with van der Waals surface area (Å²) in [4.78, 5) is 16.1. The van der Waals surface area contributed by atoms with Gasteiger partial charge in [0.05, 0.1) is 24.3 Å². The van der Waals surface area contributed by atoms with E-state index >= 15 is 0 Å². The van der Waals surface area contributed by atoms with Gasteiger partial charge in [-0.05, 0) is 18.2 Å². The molecule has 1 amide bonds. The highest BCUT2D eigenvalue weighted by Crippen LogP contribution is 2.37. The number of nitriles is 1. The number of amides is 1. The predicted molar refractivity (Wildman–Crippen MR) is 89.8 cm³/mol.